The molecule has 1 aliphatic heterocycles. The van der Waals surface area contributed by atoms with E-state index >= 15 is 0 Å². The van der Waals surface area contributed by atoms with E-state index in [1.807, 2.05) is 6.92 Å². The van der Waals surface area contributed by atoms with Gasteiger partial charge >= 0.3 is 5.97 Å². The predicted molar refractivity (Wildman–Crippen MR) is 157 cm³/mol. The topological polar surface area (TPSA) is 128 Å². The number of rotatable bonds is 11. The van der Waals surface area contributed by atoms with E-state index in [0.29, 0.717) is 40.3 Å². The Labute approximate surface area is 245 Å². The lowest BCUT2D eigenvalue weighted by Gasteiger charge is -2.24. The molecule has 5 rings (SSSR count). The first-order valence-electron chi connectivity index (χ1n) is 13.1. The van der Waals surface area contributed by atoms with Crippen molar-refractivity contribution in [2.24, 2.45) is 0 Å². The Kier molecular flexibility index (Phi) is 8.12. The second-order valence-corrected chi connectivity index (χ2v) is 10.4. The number of hydrogen-bond donors (Lipinski definition) is 1. The highest BCUT2D eigenvalue weighted by Crippen LogP contribution is 2.44. The van der Waals surface area contributed by atoms with Crippen LogP contribution >= 0.6 is 11.3 Å². The minimum Gasteiger partial charge on any atom is -0.503 e. The van der Waals surface area contributed by atoms with Crippen molar-refractivity contribution in [3.63, 3.8) is 0 Å². The first kappa shape index (κ1) is 28.6. The number of benzene rings is 2. The summed E-state index contributed by atoms with van der Waals surface area (Å²) in [5.41, 5.74) is 1.01. The van der Waals surface area contributed by atoms with Crippen LogP contribution in [0.2, 0.25) is 0 Å². The number of carbonyl (C=O) groups is 3. The van der Waals surface area contributed by atoms with Crippen LogP contribution in [0.25, 0.3) is 11.0 Å². The van der Waals surface area contributed by atoms with Gasteiger partial charge in [0.15, 0.2) is 28.0 Å². The summed E-state index contributed by atoms with van der Waals surface area (Å²) in [6.07, 6.45) is 2.27. The number of ether oxygens (including phenoxy) is 3. The second kappa shape index (κ2) is 11.9. The number of ketones is 1. The lowest BCUT2D eigenvalue weighted by atomic mass is 9.95. The number of aryl methyl sites for hydroxylation is 1. The number of fused-ring (bicyclic) bond motifs is 1. The number of aliphatic hydroxyl groups is 1. The normalized spacial score (nSPS) is 14.9. The number of amides is 1. The molecule has 2 aromatic heterocycles. The Morgan fingerprint density at radius 1 is 1.21 bits per heavy atom. The SMILES string of the molecule is C=CCOC(=O)c1sc(N2C(=O)C(O)=C(C(=O)c3cc4cccc(OC)c4o3)C2c2ccc(OCCC)cc2)nc1C. The maximum atomic E-state index is 14.0. The zero-order chi connectivity index (χ0) is 30.0. The number of anilines is 1. The molecular formula is C31H28N2O8S. The molecule has 4 aromatic rings. The third kappa shape index (κ3) is 5.14. The van der Waals surface area contributed by atoms with E-state index in [1.54, 1.807) is 49.4 Å². The Hall–Kier alpha value is -4.90. The number of thiazole rings is 1. The number of aliphatic hydroxyl groups excluding tert-OH is 1. The maximum Gasteiger partial charge on any atom is 0.350 e. The lowest BCUT2D eigenvalue weighted by Crippen LogP contribution is -2.31. The maximum absolute atomic E-state index is 14.0. The van der Waals surface area contributed by atoms with E-state index in [4.69, 9.17) is 18.6 Å². The van der Waals surface area contributed by atoms with Crippen LogP contribution in [-0.2, 0) is 9.53 Å². The molecule has 216 valence electrons. The predicted octanol–water partition coefficient (Wildman–Crippen LogP) is 6.12. The molecule has 1 unspecified atom stereocenters. The first-order chi connectivity index (χ1) is 20.3. The molecule has 0 aliphatic carbocycles. The fourth-order valence-corrected chi connectivity index (χ4v) is 5.62. The molecule has 11 heteroatoms. The number of hydrogen-bond acceptors (Lipinski definition) is 10. The van der Waals surface area contributed by atoms with Gasteiger partial charge in [-0.2, -0.15) is 0 Å². The van der Waals surface area contributed by atoms with Crippen molar-refractivity contribution in [3.8, 4) is 11.5 Å². The summed E-state index contributed by atoms with van der Waals surface area (Å²) in [5.74, 6) is -1.93. The molecule has 0 radical (unpaired) electrons. The summed E-state index contributed by atoms with van der Waals surface area (Å²) >= 11 is 0.923. The van der Waals surface area contributed by atoms with Gasteiger partial charge in [-0.3, -0.25) is 14.5 Å². The summed E-state index contributed by atoms with van der Waals surface area (Å²) in [7, 11) is 1.49. The molecular weight excluding hydrogens is 560 g/mol. The van der Waals surface area contributed by atoms with Crippen LogP contribution in [0.3, 0.4) is 0 Å². The third-order valence-corrected chi connectivity index (χ3v) is 7.72. The molecule has 0 spiro atoms. The van der Waals surface area contributed by atoms with E-state index in [0.717, 1.165) is 17.8 Å². The molecule has 1 N–H and O–H groups in total. The Morgan fingerprint density at radius 2 is 1.98 bits per heavy atom. The van der Waals surface area contributed by atoms with Gasteiger partial charge in [0.25, 0.3) is 5.91 Å². The van der Waals surface area contributed by atoms with Crippen LogP contribution in [0.1, 0.15) is 50.9 Å². The van der Waals surface area contributed by atoms with Crippen molar-refractivity contribution < 1.29 is 38.1 Å². The minimum absolute atomic E-state index is 0.00646. The van der Waals surface area contributed by atoms with Gasteiger partial charge in [-0.25, -0.2) is 9.78 Å². The quantitative estimate of drug-likeness (QED) is 0.125. The van der Waals surface area contributed by atoms with E-state index in [-0.39, 0.29) is 27.9 Å². The average Bonchev–Trinajstić information content (AvgIpc) is 3.68. The van der Waals surface area contributed by atoms with Crippen molar-refractivity contribution in [2.75, 3.05) is 25.2 Å². The van der Waals surface area contributed by atoms with Gasteiger partial charge in [0, 0.05) is 5.39 Å². The Bertz CT molecular complexity index is 1720. The summed E-state index contributed by atoms with van der Waals surface area (Å²) in [6.45, 7) is 7.68. The van der Waals surface area contributed by atoms with Crippen molar-refractivity contribution >= 4 is 45.1 Å². The highest BCUT2D eigenvalue weighted by Gasteiger charge is 2.47. The molecule has 1 amide bonds. The van der Waals surface area contributed by atoms with Gasteiger partial charge in [0.05, 0.1) is 31.0 Å². The molecule has 0 fully saturated rings. The number of furan rings is 1. The number of aromatic nitrogens is 1. The third-order valence-electron chi connectivity index (χ3n) is 6.58. The fourth-order valence-electron chi connectivity index (χ4n) is 4.63. The Balaban J connectivity index is 1.60. The van der Waals surface area contributed by atoms with E-state index < -0.39 is 29.5 Å². The molecule has 0 saturated carbocycles. The van der Waals surface area contributed by atoms with E-state index in [9.17, 15) is 19.5 Å². The van der Waals surface area contributed by atoms with E-state index in [2.05, 4.69) is 11.6 Å². The zero-order valence-electron chi connectivity index (χ0n) is 23.2. The van der Waals surface area contributed by atoms with Crippen LogP contribution < -0.4 is 14.4 Å². The molecule has 1 aliphatic rings. The van der Waals surface area contributed by atoms with E-state index in [1.165, 1.54) is 24.2 Å². The number of carbonyl (C=O) groups excluding carboxylic acids is 3. The average molecular weight is 589 g/mol. The highest BCUT2D eigenvalue weighted by atomic mass is 32.1. The van der Waals surface area contributed by atoms with Crippen molar-refractivity contribution in [1.29, 1.82) is 0 Å². The van der Waals surface area contributed by atoms with Gasteiger partial charge in [-0.1, -0.05) is 55.2 Å². The van der Waals surface area contributed by atoms with Crippen LogP contribution in [0, 0.1) is 6.92 Å². The van der Waals surface area contributed by atoms with Gasteiger partial charge < -0.3 is 23.7 Å². The van der Waals surface area contributed by atoms with Crippen LogP contribution in [0.4, 0.5) is 5.13 Å². The van der Waals surface area contributed by atoms with Gasteiger partial charge in [-0.15, -0.1) is 0 Å². The number of methoxy groups -OCH3 is 1. The summed E-state index contributed by atoms with van der Waals surface area (Å²) < 4.78 is 22.1. The highest BCUT2D eigenvalue weighted by molar-refractivity contribution is 7.17. The minimum atomic E-state index is -1.08. The summed E-state index contributed by atoms with van der Waals surface area (Å²) in [4.78, 5) is 46.0. The molecule has 1 atom stereocenters. The molecule has 42 heavy (non-hydrogen) atoms. The smallest absolute Gasteiger partial charge is 0.350 e. The fraction of sp³-hybridized carbons (Fsp3) is 0.226. The van der Waals surface area contributed by atoms with Gasteiger partial charge in [0.2, 0.25) is 5.78 Å². The van der Waals surface area contributed by atoms with Crippen molar-refractivity contribution in [1.82, 2.24) is 4.98 Å². The number of esters is 1. The molecule has 0 bridgehead atoms. The summed E-state index contributed by atoms with van der Waals surface area (Å²) in [6, 6.07) is 12.5. The standard InChI is InChI=1S/C31H28N2O8S/c1-5-14-39-20-12-10-18(11-13-20)24-23(25(34)22-16-19-8-7-9-21(38-4)27(19)41-22)26(35)29(36)33(24)31-32-17(3)28(42-31)30(37)40-15-6-2/h6-13,16,24,35H,2,5,14-15H2,1,3-4H3. The monoisotopic (exact) mass is 588 g/mol. The number of para-hydroxylation sites is 1. The van der Waals surface area contributed by atoms with Gasteiger partial charge in [0.1, 0.15) is 17.2 Å². The van der Waals surface area contributed by atoms with Crippen LogP contribution in [-0.4, -0.2) is 48.1 Å². The lowest BCUT2D eigenvalue weighted by molar-refractivity contribution is -0.117. The zero-order valence-corrected chi connectivity index (χ0v) is 24.0. The van der Waals surface area contributed by atoms with Crippen LogP contribution in [0.15, 0.2) is 76.9 Å². The second-order valence-electron chi connectivity index (χ2n) is 9.37. The Morgan fingerprint density at radius 3 is 2.67 bits per heavy atom. The first-order valence-corrected chi connectivity index (χ1v) is 14.0. The van der Waals surface area contributed by atoms with Crippen molar-refractivity contribution in [3.05, 3.63) is 94.4 Å². The van der Waals surface area contributed by atoms with Crippen LogP contribution in [0.5, 0.6) is 11.5 Å². The molecule has 0 saturated heterocycles. The van der Waals surface area contributed by atoms with Gasteiger partial charge in [-0.05, 0) is 43.2 Å². The van der Waals surface area contributed by atoms with Crippen molar-refractivity contribution in [2.45, 2.75) is 26.3 Å². The molecule has 10 nitrogen and oxygen atoms in total. The molecule has 2 aromatic carbocycles. The summed E-state index contributed by atoms with van der Waals surface area (Å²) in [5, 5.41) is 11.9. The number of nitrogens with zero attached hydrogens (tertiary/aromatic N) is 2. The molecule has 3 heterocycles. The largest absolute Gasteiger partial charge is 0.503 e. The number of Topliss-reactive ketones (excluding diaryl/α,β-unsaturated/α-hetero) is 1.